The largest absolute Gasteiger partial charge is 0.496 e. The van der Waals surface area contributed by atoms with E-state index in [0.29, 0.717) is 10.5 Å². The maximum absolute atomic E-state index is 6.57. The van der Waals surface area contributed by atoms with Gasteiger partial charge in [0, 0.05) is 33.6 Å². The van der Waals surface area contributed by atoms with Gasteiger partial charge in [-0.25, -0.2) is 0 Å². The summed E-state index contributed by atoms with van der Waals surface area (Å²) in [6, 6.07) is 6.34. The van der Waals surface area contributed by atoms with Crippen LogP contribution in [0.1, 0.15) is 30.5 Å². The van der Waals surface area contributed by atoms with Crippen molar-refractivity contribution in [3.63, 3.8) is 0 Å². The second kappa shape index (κ2) is 6.91. The van der Waals surface area contributed by atoms with Gasteiger partial charge < -0.3 is 10.5 Å². The fraction of sp³-hybridized carbons (Fsp3) is 0.600. The van der Waals surface area contributed by atoms with E-state index in [1.165, 1.54) is 23.5 Å². The molecule has 1 aliphatic rings. The van der Waals surface area contributed by atoms with Crippen molar-refractivity contribution in [2.75, 3.05) is 18.6 Å². The van der Waals surface area contributed by atoms with Crippen LogP contribution in [0.25, 0.3) is 0 Å². The van der Waals surface area contributed by atoms with Crippen molar-refractivity contribution in [3.05, 3.63) is 29.3 Å². The minimum absolute atomic E-state index is 0.0533. The quantitative estimate of drug-likeness (QED) is 0.920. The van der Waals surface area contributed by atoms with Gasteiger partial charge in [-0.1, -0.05) is 24.6 Å². The van der Waals surface area contributed by atoms with Gasteiger partial charge in [-0.05, 0) is 19.4 Å². The molecule has 1 aliphatic heterocycles. The van der Waals surface area contributed by atoms with Gasteiger partial charge in [0.2, 0.25) is 0 Å². The molecule has 1 saturated heterocycles. The Morgan fingerprint density at radius 3 is 2.79 bits per heavy atom. The highest BCUT2D eigenvalue weighted by Gasteiger charge is 2.32. The van der Waals surface area contributed by atoms with E-state index in [2.05, 4.69) is 37.7 Å². The number of thioether (sulfide) groups is 2. The molecular formula is C15H23NOS2. The second-order valence-electron chi connectivity index (χ2n) is 4.92. The third-order valence-corrected chi connectivity index (χ3v) is 6.96. The van der Waals surface area contributed by atoms with Gasteiger partial charge >= 0.3 is 0 Å². The topological polar surface area (TPSA) is 35.2 Å². The molecule has 1 aromatic rings. The van der Waals surface area contributed by atoms with Gasteiger partial charge in [0.25, 0.3) is 0 Å². The molecule has 1 aromatic carbocycles. The van der Waals surface area contributed by atoms with Crippen LogP contribution in [0.2, 0.25) is 0 Å². The Kier molecular flexibility index (Phi) is 5.48. The Hall–Kier alpha value is -0.320. The van der Waals surface area contributed by atoms with Crippen molar-refractivity contribution in [3.8, 4) is 5.75 Å². The van der Waals surface area contributed by atoms with Crippen molar-refractivity contribution in [1.82, 2.24) is 0 Å². The van der Waals surface area contributed by atoms with E-state index >= 15 is 0 Å². The molecule has 0 spiro atoms. The summed E-state index contributed by atoms with van der Waals surface area (Å²) in [5.74, 6) is 3.37. The summed E-state index contributed by atoms with van der Waals surface area (Å²) < 4.78 is 5.49. The Balaban J connectivity index is 2.26. The standard InChI is InChI=1S/C15H23NOS2/c1-4-13-15(19-8-7-18-13)14(16)11-9-10(2)5-6-12(11)17-3/h5-6,9,13-15H,4,7-8,16H2,1-3H3. The molecule has 19 heavy (non-hydrogen) atoms. The molecule has 3 unspecified atom stereocenters. The maximum atomic E-state index is 6.57. The van der Waals surface area contributed by atoms with Crippen LogP contribution >= 0.6 is 23.5 Å². The Morgan fingerprint density at radius 2 is 2.11 bits per heavy atom. The highest BCUT2D eigenvalue weighted by atomic mass is 32.2. The summed E-state index contributed by atoms with van der Waals surface area (Å²) in [5.41, 5.74) is 8.96. The molecule has 0 bridgehead atoms. The molecular weight excluding hydrogens is 274 g/mol. The second-order valence-corrected chi connectivity index (χ2v) is 7.56. The van der Waals surface area contributed by atoms with Gasteiger partial charge in [0.05, 0.1) is 7.11 Å². The van der Waals surface area contributed by atoms with E-state index in [9.17, 15) is 0 Å². The normalized spacial score (nSPS) is 25.1. The fourth-order valence-electron chi connectivity index (χ4n) is 2.56. The van der Waals surface area contributed by atoms with Crippen molar-refractivity contribution in [2.45, 2.75) is 36.8 Å². The van der Waals surface area contributed by atoms with Crippen LogP contribution in [0, 0.1) is 6.92 Å². The molecule has 3 atom stereocenters. The van der Waals surface area contributed by atoms with Crippen LogP contribution in [-0.2, 0) is 0 Å². The summed E-state index contributed by atoms with van der Waals surface area (Å²) in [5, 5.41) is 1.14. The molecule has 2 rings (SSSR count). The SMILES string of the molecule is CCC1SCCSC1C(N)c1cc(C)ccc1OC. The zero-order chi connectivity index (χ0) is 13.8. The smallest absolute Gasteiger partial charge is 0.123 e. The highest BCUT2D eigenvalue weighted by molar-refractivity contribution is 8.07. The number of ether oxygens (including phenoxy) is 1. The van der Waals surface area contributed by atoms with Crippen molar-refractivity contribution >= 4 is 23.5 Å². The molecule has 0 amide bonds. The van der Waals surface area contributed by atoms with E-state index in [0.717, 1.165) is 11.3 Å². The number of hydrogen-bond donors (Lipinski definition) is 1. The minimum Gasteiger partial charge on any atom is -0.496 e. The van der Waals surface area contributed by atoms with E-state index in [1.54, 1.807) is 7.11 Å². The van der Waals surface area contributed by atoms with Gasteiger partial charge in [0.15, 0.2) is 0 Å². The highest BCUT2D eigenvalue weighted by Crippen LogP contribution is 2.41. The lowest BCUT2D eigenvalue weighted by atomic mass is 9.98. The molecule has 1 heterocycles. The lowest BCUT2D eigenvalue weighted by molar-refractivity contribution is 0.404. The average molecular weight is 297 g/mol. The molecule has 2 nitrogen and oxygen atoms in total. The number of aryl methyl sites for hydroxylation is 1. The fourth-order valence-corrected chi connectivity index (χ4v) is 5.73. The molecule has 0 aromatic heterocycles. The van der Waals surface area contributed by atoms with E-state index in [1.807, 2.05) is 17.8 Å². The Bertz CT molecular complexity index is 425. The Labute approximate surface area is 124 Å². The molecule has 106 valence electrons. The van der Waals surface area contributed by atoms with Crippen LogP contribution in [-0.4, -0.2) is 29.1 Å². The predicted molar refractivity (Wildman–Crippen MR) is 87.4 cm³/mol. The number of hydrogen-bond acceptors (Lipinski definition) is 4. The number of rotatable bonds is 4. The van der Waals surface area contributed by atoms with E-state index in [4.69, 9.17) is 10.5 Å². The Morgan fingerprint density at radius 1 is 1.37 bits per heavy atom. The predicted octanol–water partition coefficient (Wildman–Crippen LogP) is 3.63. The van der Waals surface area contributed by atoms with Gasteiger partial charge in [-0.2, -0.15) is 23.5 Å². The molecule has 0 saturated carbocycles. The minimum atomic E-state index is 0.0533. The summed E-state index contributed by atoms with van der Waals surface area (Å²) in [6.45, 7) is 4.37. The zero-order valence-corrected chi connectivity index (χ0v) is 13.5. The monoisotopic (exact) mass is 297 g/mol. The summed E-state index contributed by atoms with van der Waals surface area (Å²) in [4.78, 5) is 0. The van der Waals surface area contributed by atoms with Crippen LogP contribution in [0.4, 0.5) is 0 Å². The van der Waals surface area contributed by atoms with Crippen LogP contribution < -0.4 is 10.5 Å². The van der Waals surface area contributed by atoms with Crippen LogP contribution in [0.5, 0.6) is 5.75 Å². The summed E-state index contributed by atoms with van der Waals surface area (Å²) in [6.07, 6.45) is 1.18. The first-order chi connectivity index (χ1) is 9.17. The molecule has 0 radical (unpaired) electrons. The van der Waals surface area contributed by atoms with Crippen LogP contribution in [0.3, 0.4) is 0 Å². The van der Waals surface area contributed by atoms with Gasteiger partial charge in [-0.15, -0.1) is 0 Å². The lowest BCUT2D eigenvalue weighted by Crippen LogP contribution is -2.35. The summed E-state index contributed by atoms with van der Waals surface area (Å²) in [7, 11) is 1.72. The molecule has 1 fully saturated rings. The number of benzene rings is 1. The number of nitrogens with two attached hydrogens (primary N) is 1. The van der Waals surface area contributed by atoms with Crippen molar-refractivity contribution in [1.29, 1.82) is 0 Å². The zero-order valence-electron chi connectivity index (χ0n) is 11.9. The van der Waals surface area contributed by atoms with Crippen molar-refractivity contribution < 1.29 is 4.74 Å². The average Bonchev–Trinajstić information content (AvgIpc) is 2.46. The third kappa shape index (κ3) is 3.41. The van der Waals surface area contributed by atoms with Crippen LogP contribution in [0.15, 0.2) is 18.2 Å². The third-order valence-electron chi connectivity index (χ3n) is 3.59. The van der Waals surface area contributed by atoms with E-state index in [-0.39, 0.29) is 6.04 Å². The molecule has 4 heteroatoms. The van der Waals surface area contributed by atoms with Gasteiger partial charge in [-0.3, -0.25) is 0 Å². The lowest BCUT2D eigenvalue weighted by Gasteiger charge is -2.34. The molecule has 2 N–H and O–H groups in total. The molecule has 0 aliphatic carbocycles. The van der Waals surface area contributed by atoms with Crippen molar-refractivity contribution in [2.24, 2.45) is 5.73 Å². The van der Waals surface area contributed by atoms with Gasteiger partial charge in [0.1, 0.15) is 5.75 Å². The first-order valence-corrected chi connectivity index (χ1v) is 8.90. The summed E-state index contributed by atoms with van der Waals surface area (Å²) >= 11 is 4.09. The maximum Gasteiger partial charge on any atom is 0.123 e. The first kappa shape index (κ1) is 15.1. The number of methoxy groups -OCH3 is 1. The van der Waals surface area contributed by atoms with E-state index < -0.39 is 0 Å². The first-order valence-electron chi connectivity index (χ1n) is 6.80.